The van der Waals surface area contributed by atoms with E-state index in [1.807, 2.05) is 0 Å². The Balaban J connectivity index is 1.96. The molecule has 146 valence electrons. The van der Waals surface area contributed by atoms with Gasteiger partial charge >= 0.3 is 0 Å². The lowest BCUT2D eigenvalue weighted by Crippen LogP contribution is -2.12. The molecule has 9 heteroatoms. The Bertz CT molecular complexity index is 1000. The van der Waals surface area contributed by atoms with Crippen LogP contribution in [0.1, 0.15) is 12.3 Å². The molecule has 0 saturated carbocycles. The summed E-state index contributed by atoms with van der Waals surface area (Å²) in [7, 11) is 1.51. The zero-order valence-electron chi connectivity index (χ0n) is 14.9. The maximum Gasteiger partial charge on any atom is 0.275 e. The first-order chi connectivity index (χ1) is 13.5. The first-order valence-electron chi connectivity index (χ1n) is 8.28. The summed E-state index contributed by atoms with van der Waals surface area (Å²) in [6.07, 6.45) is 0.294. The van der Waals surface area contributed by atoms with Gasteiger partial charge in [0.05, 0.1) is 17.9 Å². The number of anilines is 1. The Morgan fingerprint density at radius 2 is 1.93 bits per heavy atom. The number of halogens is 3. The molecule has 0 spiro atoms. The topological polar surface area (TPSA) is 86.2 Å². The fraction of sp³-hybridized carbons (Fsp3) is 0.158. The van der Waals surface area contributed by atoms with Gasteiger partial charge in [0.15, 0.2) is 0 Å². The van der Waals surface area contributed by atoms with Gasteiger partial charge in [0.1, 0.15) is 23.1 Å². The SMILES string of the molecule is COCC/C(Nc1ccccc1F)=C(/N)c1nc(-c2cc(F)ccc2F)no1. The molecule has 0 atom stereocenters. The van der Waals surface area contributed by atoms with Gasteiger partial charge in [0.2, 0.25) is 5.82 Å². The van der Waals surface area contributed by atoms with E-state index in [0.717, 1.165) is 18.2 Å². The molecule has 1 heterocycles. The van der Waals surface area contributed by atoms with E-state index in [0.29, 0.717) is 12.1 Å². The Labute approximate surface area is 158 Å². The summed E-state index contributed by atoms with van der Waals surface area (Å²) in [5.74, 6) is -2.10. The highest BCUT2D eigenvalue weighted by molar-refractivity contribution is 5.66. The number of ether oxygens (including phenoxy) is 1. The van der Waals surface area contributed by atoms with Crippen molar-refractivity contribution in [3.8, 4) is 11.4 Å². The summed E-state index contributed by atoms with van der Waals surface area (Å²) in [6.45, 7) is 0.289. The number of nitrogens with one attached hydrogen (secondary N) is 1. The van der Waals surface area contributed by atoms with Gasteiger partial charge < -0.3 is 20.3 Å². The largest absolute Gasteiger partial charge is 0.393 e. The predicted molar refractivity (Wildman–Crippen MR) is 97.3 cm³/mol. The summed E-state index contributed by atoms with van der Waals surface area (Å²) in [6, 6.07) is 8.94. The van der Waals surface area contributed by atoms with Crippen molar-refractivity contribution >= 4 is 11.4 Å². The number of hydrogen-bond donors (Lipinski definition) is 2. The number of para-hydroxylation sites is 1. The zero-order valence-corrected chi connectivity index (χ0v) is 14.9. The Morgan fingerprint density at radius 3 is 2.68 bits per heavy atom. The van der Waals surface area contributed by atoms with Crippen molar-refractivity contribution < 1.29 is 22.4 Å². The van der Waals surface area contributed by atoms with E-state index in [1.54, 1.807) is 12.1 Å². The van der Waals surface area contributed by atoms with Crippen molar-refractivity contribution in [2.45, 2.75) is 6.42 Å². The van der Waals surface area contributed by atoms with E-state index in [9.17, 15) is 13.2 Å². The molecule has 0 aliphatic heterocycles. The molecule has 0 aliphatic rings. The summed E-state index contributed by atoms with van der Waals surface area (Å²) in [4.78, 5) is 4.03. The van der Waals surface area contributed by atoms with Crippen LogP contribution in [0, 0.1) is 17.5 Å². The number of aromatic nitrogens is 2. The van der Waals surface area contributed by atoms with E-state index >= 15 is 0 Å². The van der Waals surface area contributed by atoms with Crippen LogP contribution in [0.4, 0.5) is 18.9 Å². The molecule has 3 rings (SSSR count). The zero-order chi connectivity index (χ0) is 20.1. The summed E-state index contributed by atoms with van der Waals surface area (Å²) >= 11 is 0. The number of hydrogen-bond acceptors (Lipinski definition) is 6. The van der Waals surface area contributed by atoms with Crippen LogP contribution in [-0.2, 0) is 4.74 Å². The third-order valence-electron chi connectivity index (χ3n) is 3.87. The van der Waals surface area contributed by atoms with Crippen LogP contribution in [0.25, 0.3) is 17.1 Å². The van der Waals surface area contributed by atoms with Crippen LogP contribution < -0.4 is 11.1 Å². The Hall–Kier alpha value is -3.33. The standard InChI is InChI=1S/C19H17F3N4O2/c1-27-9-8-16(24-15-5-3-2-4-14(15)22)17(23)19-25-18(26-28-19)12-10-11(20)6-7-13(12)21/h2-7,10,24H,8-9,23H2,1H3/b17-16-. The van der Waals surface area contributed by atoms with Crippen molar-refractivity contribution in [2.24, 2.45) is 5.73 Å². The highest BCUT2D eigenvalue weighted by Gasteiger charge is 2.18. The number of methoxy groups -OCH3 is 1. The molecule has 0 aliphatic carbocycles. The Kier molecular flexibility index (Phi) is 5.95. The fourth-order valence-corrected chi connectivity index (χ4v) is 2.43. The van der Waals surface area contributed by atoms with Gasteiger partial charge in [-0.2, -0.15) is 4.98 Å². The lowest BCUT2D eigenvalue weighted by molar-refractivity contribution is 0.202. The van der Waals surface area contributed by atoms with Gasteiger partial charge in [-0.25, -0.2) is 13.2 Å². The molecule has 0 saturated heterocycles. The molecule has 0 unspecified atom stereocenters. The highest BCUT2D eigenvalue weighted by Crippen LogP contribution is 2.24. The molecule has 3 aromatic rings. The van der Waals surface area contributed by atoms with E-state index in [2.05, 4.69) is 15.5 Å². The molecule has 1 aromatic heterocycles. The van der Waals surface area contributed by atoms with Crippen LogP contribution >= 0.6 is 0 Å². The van der Waals surface area contributed by atoms with Gasteiger partial charge in [-0.05, 0) is 30.3 Å². The minimum Gasteiger partial charge on any atom is -0.393 e. The van der Waals surface area contributed by atoms with Crippen LogP contribution in [0.15, 0.2) is 52.7 Å². The first-order valence-corrected chi connectivity index (χ1v) is 8.28. The molecule has 0 radical (unpaired) electrons. The smallest absolute Gasteiger partial charge is 0.275 e. The molecular weight excluding hydrogens is 373 g/mol. The summed E-state index contributed by atoms with van der Waals surface area (Å²) < 4.78 is 51.4. The summed E-state index contributed by atoms with van der Waals surface area (Å²) in [5.41, 5.74) is 6.56. The third kappa shape index (κ3) is 4.32. The fourth-order valence-electron chi connectivity index (χ4n) is 2.43. The van der Waals surface area contributed by atoms with Crippen LogP contribution in [-0.4, -0.2) is 23.9 Å². The van der Waals surface area contributed by atoms with Gasteiger partial charge in [0, 0.05) is 19.2 Å². The maximum atomic E-state index is 14.0. The summed E-state index contributed by atoms with van der Waals surface area (Å²) in [5, 5.41) is 6.54. The minimum atomic E-state index is -0.708. The lowest BCUT2D eigenvalue weighted by atomic mass is 10.2. The first kappa shape index (κ1) is 19.4. The molecule has 6 nitrogen and oxygen atoms in total. The number of benzene rings is 2. The van der Waals surface area contributed by atoms with E-state index in [1.165, 1.54) is 19.2 Å². The van der Waals surface area contributed by atoms with Gasteiger partial charge in [-0.1, -0.05) is 17.3 Å². The average molecular weight is 390 g/mol. The second-order valence-electron chi connectivity index (χ2n) is 5.79. The normalized spacial score (nSPS) is 12.0. The van der Waals surface area contributed by atoms with Crippen molar-refractivity contribution in [3.63, 3.8) is 0 Å². The Morgan fingerprint density at radius 1 is 1.14 bits per heavy atom. The number of nitrogens with two attached hydrogens (primary N) is 1. The van der Waals surface area contributed by atoms with Gasteiger partial charge in [0.25, 0.3) is 5.89 Å². The van der Waals surface area contributed by atoms with Crippen LogP contribution in [0.2, 0.25) is 0 Å². The molecule has 28 heavy (non-hydrogen) atoms. The second kappa shape index (κ2) is 8.57. The number of rotatable bonds is 7. The van der Waals surface area contributed by atoms with Crippen molar-refractivity contribution in [1.29, 1.82) is 0 Å². The lowest BCUT2D eigenvalue weighted by Gasteiger charge is -2.13. The predicted octanol–water partition coefficient (Wildman–Crippen LogP) is 3.93. The monoisotopic (exact) mass is 390 g/mol. The van der Waals surface area contributed by atoms with Crippen molar-refractivity contribution in [2.75, 3.05) is 19.0 Å². The quantitative estimate of drug-likeness (QED) is 0.636. The number of nitrogens with zero attached hydrogens (tertiary/aromatic N) is 2. The third-order valence-corrected chi connectivity index (χ3v) is 3.87. The maximum absolute atomic E-state index is 14.0. The van der Waals surface area contributed by atoms with Gasteiger partial charge in [-0.3, -0.25) is 0 Å². The van der Waals surface area contributed by atoms with Crippen molar-refractivity contribution in [3.05, 3.63) is 71.5 Å². The molecule has 3 N–H and O–H groups in total. The average Bonchev–Trinajstić information content (AvgIpc) is 3.18. The molecule has 0 bridgehead atoms. The van der Waals surface area contributed by atoms with Crippen LogP contribution in [0.5, 0.6) is 0 Å². The highest BCUT2D eigenvalue weighted by atomic mass is 19.1. The molecule has 2 aromatic carbocycles. The molecule has 0 amide bonds. The molecular formula is C19H17F3N4O2. The minimum absolute atomic E-state index is 0.0378. The molecule has 0 fully saturated rings. The van der Waals surface area contributed by atoms with E-state index < -0.39 is 17.5 Å². The second-order valence-corrected chi connectivity index (χ2v) is 5.79. The van der Waals surface area contributed by atoms with Crippen molar-refractivity contribution in [1.82, 2.24) is 10.1 Å². The van der Waals surface area contributed by atoms with E-state index in [4.69, 9.17) is 15.0 Å². The van der Waals surface area contributed by atoms with E-state index in [-0.39, 0.29) is 35.3 Å². The van der Waals surface area contributed by atoms with Gasteiger partial charge in [-0.15, -0.1) is 0 Å². The van der Waals surface area contributed by atoms with Crippen LogP contribution in [0.3, 0.4) is 0 Å².